The summed E-state index contributed by atoms with van der Waals surface area (Å²) in [6, 6.07) is 7.39. The summed E-state index contributed by atoms with van der Waals surface area (Å²) >= 11 is 0. The smallest absolute Gasteiger partial charge is 0.248 e. The molecule has 2 N–H and O–H groups in total. The summed E-state index contributed by atoms with van der Waals surface area (Å²) in [5.74, 6) is 0. The van der Waals surface area contributed by atoms with Crippen LogP contribution in [0.25, 0.3) is 0 Å². The van der Waals surface area contributed by atoms with Crippen LogP contribution in [0.5, 0.6) is 0 Å². The maximum atomic E-state index is 12.2. The molecular formula is C11H12N2O4S2. The average Bonchev–Trinajstić information content (AvgIpc) is 2.79. The second-order valence-electron chi connectivity index (χ2n) is 4.04. The fraction of sp³-hybridized carbons (Fsp3) is 0.0909. The quantitative estimate of drug-likeness (QED) is 0.901. The first-order valence-electron chi connectivity index (χ1n) is 5.24. The fourth-order valence-electron chi connectivity index (χ4n) is 1.51. The van der Waals surface area contributed by atoms with Crippen LogP contribution in [0.3, 0.4) is 0 Å². The highest BCUT2D eigenvalue weighted by molar-refractivity contribution is 7.90. The third-order valence-electron chi connectivity index (χ3n) is 2.57. The van der Waals surface area contributed by atoms with Crippen LogP contribution < -0.4 is 5.14 Å². The topological polar surface area (TPSA) is 99.2 Å². The summed E-state index contributed by atoms with van der Waals surface area (Å²) < 4.78 is 47.5. The van der Waals surface area contributed by atoms with E-state index >= 15 is 0 Å². The predicted octanol–water partition coefficient (Wildman–Crippen LogP) is 0.681. The molecule has 0 aliphatic heterocycles. The Bertz CT molecular complexity index is 803. The highest BCUT2D eigenvalue weighted by Gasteiger charge is 2.19. The zero-order valence-electron chi connectivity index (χ0n) is 10.0. The molecular weight excluding hydrogens is 288 g/mol. The number of nitrogens with zero attached hydrogens (tertiary/aromatic N) is 1. The van der Waals surface area contributed by atoms with Crippen molar-refractivity contribution >= 4 is 20.0 Å². The van der Waals surface area contributed by atoms with Crippen LogP contribution >= 0.6 is 0 Å². The summed E-state index contributed by atoms with van der Waals surface area (Å²) in [5, 5.41) is 4.94. The first-order chi connectivity index (χ1) is 8.71. The monoisotopic (exact) mass is 300 g/mol. The number of sulfonamides is 1. The van der Waals surface area contributed by atoms with E-state index in [1.165, 1.54) is 12.1 Å². The van der Waals surface area contributed by atoms with E-state index in [0.29, 0.717) is 0 Å². The molecule has 2 rings (SSSR count). The molecule has 8 heteroatoms. The second kappa shape index (κ2) is 4.48. The zero-order chi connectivity index (χ0) is 14.3. The molecule has 6 nitrogen and oxygen atoms in total. The Kier molecular flexibility index (Phi) is 3.25. The number of aryl methyl sites for hydroxylation is 1. The molecule has 0 radical (unpaired) electrons. The van der Waals surface area contributed by atoms with Crippen molar-refractivity contribution < 1.29 is 16.8 Å². The van der Waals surface area contributed by atoms with Gasteiger partial charge in [-0.25, -0.2) is 25.9 Å². The molecule has 1 aromatic carbocycles. The summed E-state index contributed by atoms with van der Waals surface area (Å²) in [6.07, 6.45) is 2.12. The summed E-state index contributed by atoms with van der Waals surface area (Å²) in [7, 11) is -7.71. The van der Waals surface area contributed by atoms with E-state index in [2.05, 4.69) is 0 Å². The molecule has 0 unspecified atom stereocenters. The van der Waals surface area contributed by atoms with Gasteiger partial charge in [-0.2, -0.15) is 0 Å². The highest BCUT2D eigenvalue weighted by Crippen LogP contribution is 2.17. The van der Waals surface area contributed by atoms with Crippen molar-refractivity contribution in [3.05, 3.63) is 48.3 Å². The first-order valence-corrected chi connectivity index (χ1v) is 8.23. The van der Waals surface area contributed by atoms with Crippen molar-refractivity contribution in [3.63, 3.8) is 0 Å². The molecule has 19 heavy (non-hydrogen) atoms. The van der Waals surface area contributed by atoms with Gasteiger partial charge in [0, 0.05) is 12.4 Å². The van der Waals surface area contributed by atoms with Crippen LogP contribution in [0.4, 0.5) is 0 Å². The van der Waals surface area contributed by atoms with Gasteiger partial charge < -0.3 is 0 Å². The summed E-state index contributed by atoms with van der Waals surface area (Å²) in [6.45, 7) is 1.84. The minimum absolute atomic E-state index is 0.0784. The molecule has 0 bridgehead atoms. The van der Waals surface area contributed by atoms with E-state index in [9.17, 15) is 16.8 Å². The van der Waals surface area contributed by atoms with Gasteiger partial charge in [0.15, 0.2) is 0 Å². The third kappa shape index (κ3) is 2.70. The lowest BCUT2D eigenvalue weighted by Gasteiger charge is -2.05. The van der Waals surface area contributed by atoms with Crippen LogP contribution in [0, 0.1) is 6.92 Å². The van der Waals surface area contributed by atoms with Crippen LogP contribution in [-0.2, 0) is 20.0 Å². The minimum atomic E-state index is -3.92. The SMILES string of the molecule is Cc1ccc(S(=O)(=O)n2ccc(S(N)(=O)=O)c2)cc1. The highest BCUT2D eigenvalue weighted by atomic mass is 32.2. The Morgan fingerprint density at radius 3 is 2.00 bits per heavy atom. The lowest BCUT2D eigenvalue weighted by molar-refractivity contribution is 0.587. The number of aromatic nitrogens is 1. The van der Waals surface area contributed by atoms with Gasteiger partial charge in [-0.05, 0) is 25.1 Å². The number of nitrogens with two attached hydrogens (primary N) is 1. The summed E-state index contributed by atoms with van der Waals surface area (Å²) in [4.78, 5) is -0.169. The van der Waals surface area contributed by atoms with Crippen LogP contribution in [0.2, 0.25) is 0 Å². The Morgan fingerprint density at radius 1 is 0.947 bits per heavy atom. The van der Waals surface area contributed by atoms with E-state index in [0.717, 1.165) is 28.0 Å². The zero-order valence-corrected chi connectivity index (χ0v) is 11.6. The van der Waals surface area contributed by atoms with Crippen LogP contribution in [0.15, 0.2) is 52.5 Å². The predicted molar refractivity (Wildman–Crippen MR) is 69.6 cm³/mol. The molecule has 102 valence electrons. The van der Waals surface area contributed by atoms with E-state index in [1.807, 2.05) is 6.92 Å². The van der Waals surface area contributed by atoms with E-state index in [4.69, 9.17) is 5.14 Å². The first kappa shape index (κ1) is 13.8. The molecule has 0 aliphatic carbocycles. The van der Waals surface area contributed by atoms with E-state index < -0.39 is 20.0 Å². The van der Waals surface area contributed by atoms with Gasteiger partial charge in [0.1, 0.15) is 4.90 Å². The number of hydrogen-bond donors (Lipinski definition) is 1. The van der Waals surface area contributed by atoms with Gasteiger partial charge in [-0.3, -0.25) is 0 Å². The second-order valence-corrected chi connectivity index (χ2v) is 7.44. The van der Waals surface area contributed by atoms with Crippen LogP contribution in [-0.4, -0.2) is 20.8 Å². The molecule has 2 aromatic rings. The van der Waals surface area contributed by atoms with Crippen LogP contribution in [0.1, 0.15) is 5.56 Å². The maximum absolute atomic E-state index is 12.2. The van der Waals surface area contributed by atoms with Gasteiger partial charge in [0.2, 0.25) is 10.0 Å². The normalized spacial score (nSPS) is 12.5. The molecule has 0 aliphatic rings. The average molecular weight is 300 g/mol. The minimum Gasteiger partial charge on any atom is -0.248 e. The Hall–Kier alpha value is -1.64. The molecule has 0 spiro atoms. The van der Waals surface area contributed by atoms with Crippen molar-refractivity contribution in [1.29, 1.82) is 0 Å². The van der Waals surface area contributed by atoms with Crippen molar-refractivity contribution in [1.82, 2.24) is 3.97 Å². The maximum Gasteiger partial charge on any atom is 0.267 e. The van der Waals surface area contributed by atoms with E-state index in [1.54, 1.807) is 12.1 Å². The van der Waals surface area contributed by atoms with Gasteiger partial charge >= 0.3 is 0 Å². The molecule has 0 amide bonds. The molecule has 0 saturated heterocycles. The van der Waals surface area contributed by atoms with Gasteiger partial charge in [-0.15, -0.1) is 0 Å². The van der Waals surface area contributed by atoms with E-state index in [-0.39, 0.29) is 9.79 Å². The molecule has 0 fully saturated rings. The Morgan fingerprint density at radius 2 is 1.53 bits per heavy atom. The van der Waals surface area contributed by atoms with Crippen molar-refractivity contribution in [3.8, 4) is 0 Å². The van der Waals surface area contributed by atoms with Crippen molar-refractivity contribution in [2.45, 2.75) is 16.7 Å². The number of primary sulfonamides is 1. The lowest BCUT2D eigenvalue weighted by atomic mass is 10.2. The Balaban J connectivity index is 2.51. The van der Waals surface area contributed by atoms with Gasteiger partial charge in [0.05, 0.1) is 4.90 Å². The summed E-state index contributed by atoms with van der Waals surface area (Å²) in [5.41, 5.74) is 0.927. The molecule has 1 heterocycles. The van der Waals surface area contributed by atoms with Gasteiger partial charge in [0.25, 0.3) is 10.0 Å². The Labute approximate surface area is 111 Å². The van der Waals surface area contributed by atoms with Crippen molar-refractivity contribution in [2.24, 2.45) is 5.14 Å². The molecule has 0 atom stereocenters. The van der Waals surface area contributed by atoms with Crippen molar-refractivity contribution in [2.75, 3.05) is 0 Å². The third-order valence-corrected chi connectivity index (χ3v) is 5.11. The number of benzene rings is 1. The fourth-order valence-corrected chi connectivity index (χ4v) is 3.28. The molecule has 0 saturated carbocycles. The number of hydrogen-bond acceptors (Lipinski definition) is 4. The lowest BCUT2D eigenvalue weighted by Crippen LogP contribution is -2.13. The van der Waals surface area contributed by atoms with Gasteiger partial charge in [-0.1, -0.05) is 17.7 Å². The standard InChI is InChI=1S/C11H12N2O4S2/c1-9-2-4-10(5-3-9)19(16,17)13-7-6-11(8-13)18(12,14)15/h2-8H,1H3,(H2,12,14,15). The molecule has 1 aromatic heterocycles. The largest absolute Gasteiger partial charge is 0.267 e. The number of rotatable bonds is 3.